The van der Waals surface area contributed by atoms with Crippen molar-refractivity contribution in [2.75, 3.05) is 46.9 Å². The molecule has 0 bridgehead atoms. The first-order valence-corrected chi connectivity index (χ1v) is 9.38. The number of rotatable bonds is 12. The number of hydrogen-bond acceptors (Lipinski definition) is 4. The van der Waals surface area contributed by atoms with Gasteiger partial charge in [0, 0.05) is 39.8 Å². The molecule has 0 saturated heterocycles. The summed E-state index contributed by atoms with van der Waals surface area (Å²) in [5, 5.41) is 3.40. The van der Waals surface area contributed by atoms with Crippen molar-refractivity contribution in [1.29, 1.82) is 0 Å². The lowest BCUT2D eigenvalue weighted by Crippen LogP contribution is -2.42. The summed E-state index contributed by atoms with van der Waals surface area (Å²) < 4.78 is 32.9. The van der Waals surface area contributed by atoms with Gasteiger partial charge in [-0.1, -0.05) is 0 Å². The van der Waals surface area contributed by atoms with E-state index in [0.717, 1.165) is 19.6 Å². The molecule has 2 aliphatic carbocycles. The second kappa shape index (κ2) is 7.87. The van der Waals surface area contributed by atoms with Crippen LogP contribution < -0.4 is 5.32 Å². The molecule has 2 fully saturated rings. The Bertz CT molecular complexity index is 376. The quantitative estimate of drug-likeness (QED) is 0.537. The molecule has 2 saturated carbocycles. The summed E-state index contributed by atoms with van der Waals surface area (Å²) >= 11 is 0. The normalized spacial score (nSPS) is 19.6. The standard InChI is InChI=1S/C14H29N3O3S/c1-16(9-3-8-15-14-6-7-14)21(18,19)17(2)10-11-20-12-13-4-5-13/h13-15H,3-12H2,1-2H3. The minimum Gasteiger partial charge on any atom is -0.380 e. The van der Waals surface area contributed by atoms with Gasteiger partial charge < -0.3 is 10.1 Å². The van der Waals surface area contributed by atoms with Crippen molar-refractivity contribution < 1.29 is 13.2 Å². The molecule has 0 heterocycles. The highest BCUT2D eigenvalue weighted by Crippen LogP contribution is 2.28. The molecule has 6 nitrogen and oxygen atoms in total. The van der Waals surface area contributed by atoms with Gasteiger partial charge >= 0.3 is 0 Å². The topological polar surface area (TPSA) is 61.9 Å². The monoisotopic (exact) mass is 319 g/mol. The largest absolute Gasteiger partial charge is 0.380 e. The predicted octanol–water partition coefficient (Wildman–Crippen LogP) is 0.664. The first-order valence-electron chi connectivity index (χ1n) is 7.99. The molecule has 0 aliphatic heterocycles. The van der Waals surface area contributed by atoms with E-state index in [2.05, 4.69) is 5.32 Å². The number of nitrogens with zero attached hydrogens (tertiary/aromatic N) is 2. The van der Waals surface area contributed by atoms with E-state index >= 15 is 0 Å². The molecule has 0 aromatic heterocycles. The predicted molar refractivity (Wildman–Crippen MR) is 83.4 cm³/mol. The maximum atomic E-state index is 12.3. The molecule has 0 radical (unpaired) electrons. The van der Waals surface area contributed by atoms with Crippen LogP contribution in [0, 0.1) is 5.92 Å². The molecular formula is C14H29N3O3S. The summed E-state index contributed by atoms with van der Waals surface area (Å²) in [4.78, 5) is 0. The van der Waals surface area contributed by atoms with Gasteiger partial charge in [0.2, 0.25) is 0 Å². The van der Waals surface area contributed by atoms with Gasteiger partial charge in [-0.15, -0.1) is 0 Å². The van der Waals surface area contributed by atoms with Crippen LogP contribution in [0.25, 0.3) is 0 Å². The molecule has 2 rings (SSSR count). The van der Waals surface area contributed by atoms with E-state index in [1.165, 1.54) is 34.3 Å². The van der Waals surface area contributed by atoms with E-state index in [0.29, 0.717) is 31.7 Å². The number of hydrogen-bond donors (Lipinski definition) is 1. The molecule has 0 atom stereocenters. The van der Waals surface area contributed by atoms with Crippen molar-refractivity contribution >= 4 is 10.2 Å². The van der Waals surface area contributed by atoms with E-state index in [-0.39, 0.29) is 0 Å². The van der Waals surface area contributed by atoms with Crippen LogP contribution in [0.4, 0.5) is 0 Å². The Hall–Kier alpha value is -0.210. The second-order valence-electron chi connectivity index (χ2n) is 6.25. The Labute approximate surface area is 129 Å². The third-order valence-corrected chi connectivity index (χ3v) is 5.99. The maximum absolute atomic E-state index is 12.3. The Morgan fingerprint density at radius 2 is 1.76 bits per heavy atom. The van der Waals surface area contributed by atoms with Crippen LogP contribution in [0.15, 0.2) is 0 Å². The van der Waals surface area contributed by atoms with Gasteiger partial charge in [-0.3, -0.25) is 0 Å². The lowest BCUT2D eigenvalue weighted by atomic mass is 10.4. The minimum absolute atomic E-state index is 0.416. The van der Waals surface area contributed by atoms with Gasteiger partial charge in [-0.05, 0) is 44.6 Å². The molecule has 2 aliphatic rings. The fourth-order valence-electron chi connectivity index (χ4n) is 2.09. The number of likely N-dealkylation sites (N-methyl/N-ethyl adjacent to an activating group) is 1. The lowest BCUT2D eigenvalue weighted by Gasteiger charge is -2.24. The van der Waals surface area contributed by atoms with Crippen molar-refractivity contribution in [3.63, 3.8) is 0 Å². The second-order valence-corrected chi connectivity index (χ2v) is 8.39. The molecule has 0 aromatic carbocycles. The highest BCUT2D eigenvalue weighted by Gasteiger charge is 2.25. The van der Waals surface area contributed by atoms with Crippen LogP contribution in [-0.4, -0.2) is 70.0 Å². The summed E-state index contributed by atoms with van der Waals surface area (Å²) in [5.74, 6) is 0.716. The van der Waals surface area contributed by atoms with Crippen molar-refractivity contribution in [3.05, 3.63) is 0 Å². The van der Waals surface area contributed by atoms with Gasteiger partial charge in [0.25, 0.3) is 10.2 Å². The van der Waals surface area contributed by atoms with E-state index in [4.69, 9.17) is 4.74 Å². The van der Waals surface area contributed by atoms with Gasteiger partial charge in [0.15, 0.2) is 0 Å². The first-order chi connectivity index (χ1) is 10.00. The number of nitrogens with one attached hydrogen (secondary N) is 1. The first kappa shape index (κ1) is 17.1. The minimum atomic E-state index is -3.35. The zero-order valence-electron chi connectivity index (χ0n) is 13.3. The molecule has 0 spiro atoms. The molecule has 0 aromatic rings. The third kappa shape index (κ3) is 6.20. The Morgan fingerprint density at radius 3 is 2.38 bits per heavy atom. The van der Waals surface area contributed by atoms with Crippen LogP contribution >= 0.6 is 0 Å². The lowest BCUT2D eigenvalue weighted by molar-refractivity contribution is 0.116. The van der Waals surface area contributed by atoms with Crippen molar-refractivity contribution in [2.24, 2.45) is 5.92 Å². The molecule has 124 valence electrons. The molecule has 0 amide bonds. The Kier molecular flexibility index (Phi) is 6.43. The third-order valence-electron chi connectivity index (χ3n) is 4.05. The fourth-order valence-corrected chi connectivity index (χ4v) is 3.23. The van der Waals surface area contributed by atoms with Gasteiger partial charge in [0.1, 0.15) is 0 Å². The summed E-state index contributed by atoms with van der Waals surface area (Å²) in [6, 6.07) is 0.679. The Balaban J connectivity index is 1.59. The summed E-state index contributed by atoms with van der Waals surface area (Å²) in [5.41, 5.74) is 0. The Morgan fingerprint density at radius 1 is 1.10 bits per heavy atom. The van der Waals surface area contributed by atoms with Crippen LogP contribution in [0.1, 0.15) is 32.1 Å². The van der Waals surface area contributed by atoms with Crippen LogP contribution in [0.3, 0.4) is 0 Å². The van der Waals surface area contributed by atoms with Crippen molar-refractivity contribution in [3.8, 4) is 0 Å². The van der Waals surface area contributed by atoms with E-state index in [1.807, 2.05) is 0 Å². The zero-order valence-corrected chi connectivity index (χ0v) is 14.1. The summed E-state index contributed by atoms with van der Waals surface area (Å²) in [6.07, 6.45) is 5.88. The molecule has 21 heavy (non-hydrogen) atoms. The van der Waals surface area contributed by atoms with Gasteiger partial charge in [0.05, 0.1) is 6.61 Å². The van der Waals surface area contributed by atoms with E-state index in [1.54, 1.807) is 14.1 Å². The summed E-state index contributed by atoms with van der Waals surface area (Å²) in [7, 11) is -0.0836. The highest BCUT2D eigenvalue weighted by molar-refractivity contribution is 7.86. The van der Waals surface area contributed by atoms with E-state index in [9.17, 15) is 8.42 Å². The molecular weight excluding hydrogens is 290 g/mol. The average Bonchev–Trinajstić information content (AvgIpc) is 3.33. The SMILES string of the molecule is CN(CCCNC1CC1)S(=O)(=O)N(C)CCOCC1CC1. The maximum Gasteiger partial charge on any atom is 0.281 e. The van der Waals surface area contributed by atoms with Crippen LogP contribution in [-0.2, 0) is 14.9 Å². The van der Waals surface area contributed by atoms with Crippen LogP contribution in [0.2, 0.25) is 0 Å². The number of ether oxygens (including phenoxy) is 1. The van der Waals surface area contributed by atoms with E-state index < -0.39 is 10.2 Å². The van der Waals surface area contributed by atoms with Crippen molar-refractivity contribution in [2.45, 2.75) is 38.1 Å². The highest BCUT2D eigenvalue weighted by atomic mass is 32.2. The van der Waals surface area contributed by atoms with Gasteiger partial charge in [-0.2, -0.15) is 17.0 Å². The zero-order chi connectivity index (χ0) is 15.3. The fraction of sp³-hybridized carbons (Fsp3) is 1.00. The average molecular weight is 319 g/mol. The molecule has 1 N–H and O–H groups in total. The van der Waals surface area contributed by atoms with Crippen molar-refractivity contribution in [1.82, 2.24) is 13.9 Å². The molecule has 0 unspecified atom stereocenters. The smallest absolute Gasteiger partial charge is 0.281 e. The molecule has 7 heteroatoms. The van der Waals surface area contributed by atoms with Gasteiger partial charge in [-0.25, -0.2) is 0 Å². The summed E-state index contributed by atoms with van der Waals surface area (Å²) in [6.45, 7) is 3.10. The van der Waals surface area contributed by atoms with Crippen LogP contribution in [0.5, 0.6) is 0 Å².